The van der Waals surface area contributed by atoms with E-state index in [1.54, 1.807) is 10.6 Å². The van der Waals surface area contributed by atoms with Crippen molar-refractivity contribution in [1.82, 2.24) is 14.6 Å². The standard InChI is InChI=1S/C15H16ClN5OS/c1-9-8-21-15(18-9)23-14(20-21)17-7-6-13(22)19-12-5-3-4-11(16)10(12)2/h3-5,8H,6-7H2,1-2H3,(H,17,20)(H,19,22). The molecule has 3 rings (SSSR count). The Bertz CT molecular complexity index is 825. The summed E-state index contributed by atoms with van der Waals surface area (Å²) >= 11 is 7.50. The zero-order chi connectivity index (χ0) is 16.4. The van der Waals surface area contributed by atoms with Crippen molar-refractivity contribution >= 4 is 44.6 Å². The lowest BCUT2D eigenvalue weighted by molar-refractivity contribution is -0.115. The second kappa shape index (κ2) is 6.55. The molecule has 2 aromatic heterocycles. The number of rotatable bonds is 5. The van der Waals surface area contributed by atoms with E-state index in [-0.39, 0.29) is 5.91 Å². The van der Waals surface area contributed by atoms with E-state index in [1.165, 1.54) is 11.3 Å². The topological polar surface area (TPSA) is 71.3 Å². The van der Waals surface area contributed by atoms with Crippen LogP contribution in [0.25, 0.3) is 4.96 Å². The number of hydrogen-bond acceptors (Lipinski definition) is 5. The SMILES string of the molecule is Cc1cn2nc(NCCC(=O)Nc3cccc(Cl)c3C)sc2n1. The van der Waals surface area contributed by atoms with Gasteiger partial charge in [-0.15, -0.1) is 5.10 Å². The third kappa shape index (κ3) is 3.62. The van der Waals surface area contributed by atoms with Gasteiger partial charge in [-0.05, 0) is 31.5 Å². The van der Waals surface area contributed by atoms with Gasteiger partial charge in [-0.3, -0.25) is 4.79 Å². The molecule has 3 aromatic rings. The molecule has 23 heavy (non-hydrogen) atoms. The van der Waals surface area contributed by atoms with Crippen molar-refractivity contribution in [3.63, 3.8) is 0 Å². The number of benzene rings is 1. The predicted octanol–water partition coefficient (Wildman–Crippen LogP) is 3.50. The van der Waals surface area contributed by atoms with Crippen LogP contribution in [-0.2, 0) is 4.79 Å². The fourth-order valence-corrected chi connectivity index (χ4v) is 3.15. The zero-order valence-electron chi connectivity index (χ0n) is 12.8. The minimum absolute atomic E-state index is 0.0694. The number of halogens is 1. The summed E-state index contributed by atoms with van der Waals surface area (Å²) < 4.78 is 1.73. The third-order valence-electron chi connectivity index (χ3n) is 3.33. The van der Waals surface area contributed by atoms with E-state index in [1.807, 2.05) is 32.2 Å². The molecule has 2 N–H and O–H groups in total. The molecule has 0 radical (unpaired) electrons. The number of amides is 1. The monoisotopic (exact) mass is 349 g/mol. The highest BCUT2D eigenvalue weighted by atomic mass is 35.5. The largest absolute Gasteiger partial charge is 0.360 e. The van der Waals surface area contributed by atoms with E-state index >= 15 is 0 Å². The van der Waals surface area contributed by atoms with E-state index in [4.69, 9.17) is 11.6 Å². The van der Waals surface area contributed by atoms with Crippen LogP contribution in [0, 0.1) is 13.8 Å². The Balaban J connectivity index is 1.52. The lowest BCUT2D eigenvalue weighted by Crippen LogP contribution is -2.16. The number of aryl methyl sites for hydroxylation is 1. The number of hydrogen-bond donors (Lipinski definition) is 2. The molecule has 0 spiro atoms. The van der Waals surface area contributed by atoms with Crippen molar-refractivity contribution < 1.29 is 4.79 Å². The summed E-state index contributed by atoms with van der Waals surface area (Å²) in [5.41, 5.74) is 2.55. The van der Waals surface area contributed by atoms with Crippen LogP contribution in [0.3, 0.4) is 0 Å². The average molecular weight is 350 g/mol. The Kier molecular flexibility index (Phi) is 4.49. The number of nitrogens with zero attached hydrogens (tertiary/aromatic N) is 3. The maximum absolute atomic E-state index is 12.0. The highest BCUT2D eigenvalue weighted by Crippen LogP contribution is 2.23. The second-order valence-electron chi connectivity index (χ2n) is 5.15. The van der Waals surface area contributed by atoms with E-state index in [9.17, 15) is 4.79 Å². The van der Waals surface area contributed by atoms with Gasteiger partial charge in [-0.2, -0.15) is 0 Å². The van der Waals surface area contributed by atoms with Gasteiger partial charge < -0.3 is 10.6 Å². The lowest BCUT2D eigenvalue weighted by Gasteiger charge is -2.09. The molecule has 0 aliphatic carbocycles. The number of nitrogens with one attached hydrogen (secondary N) is 2. The first-order valence-electron chi connectivity index (χ1n) is 7.14. The molecule has 6 nitrogen and oxygen atoms in total. The molecule has 0 aliphatic rings. The highest BCUT2D eigenvalue weighted by Gasteiger charge is 2.08. The Morgan fingerprint density at radius 2 is 2.22 bits per heavy atom. The Morgan fingerprint density at radius 3 is 3.00 bits per heavy atom. The molecule has 0 bridgehead atoms. The zero-order valence-corrected chi connectivity index (χ0v) is 14.3. The van der Waals surface area contributed by atoms with Crippen molar-refractivity contribution in [2.24, 2.45) is 0 Å². The average Bonchev–Trinajstić information content (AvgIpc) is 3.00. The summed E-state index contributed by atoms with van der Waals surface area (Å²) in [4.78, 5) is 17.2. The second-order valence-corrected chi connectivity index (χ2v) is 6.52. The number of fused-ring (bicyclic) bond motifs is 1. The van der Waals surface area contributed by atoms with Crippen LogP contribution in [0.2, 0.25) is 5.02 Å². The number of imidazole rings is 1. The number of anilines is 2. The number of carbonyl (C=O) groups excluding carboxylic acids is 1. The van der Waals surface area contributed by atoms with E-state index < -0.39 is 0 Å². The van der Waals surface area contributed by atoms with Gasteiger partial charge in [-0.1, -0.05) is 29.0 Å². The number of aromatic nitrogens is 3. The molecule has 0 saturated carbocycles. The van der Waals surface area contributed by atoms with Crippen LogP contribution in [0.15, 0.2) is 24.4 Å². The van der Waals surface area contributed by atoms with Crippen molar-refractivity contribution in [2.45, 2.75) is 20.3 Å². The molecule has 0 saturated heterocycles. The molecule has 2 heterocycles. The molecule has 0 aliphatic heterocycles. The van der Waals surface area contributed by atoms with Gasteiger partial charge in [-0.25, -0.2) is 9.50 Å². The quantitative estimate of drug-likeness (QED) is 0.739. The van der Waals surface area contributed by atoms with E-state index in [0.29, 0.717) is 18.0 Å². The fourth-order valence-electron chi connectivity index (χ4n) is 2.12. The van der Waals surface area contributed by atoms with Crippen molar-refractivity contribution in [3.05, 3.63) is 40.7 Å². The molecule has 8 heteroatoms. The summed E-state index contributed by atoms with van der Waals surface area (Å²) in [6.07, 6.45) is 2.21. The summed E-state index contributed by atoms with van der Waals surface area (Å²) in [6.45, 7) is 4.31. The van der Waals surface area contributed by atoms with Gasteiger partial charge in [0.05, 0.1) is 11.9 Å². The molecule has 1 amide bonds. The molecular weight excluding hydrogens is 334 g/mol. The Hall–Kier alpha value is -2.12. The highest BCUT2D eigenvalue weighted by molar-refractivity contribution is 7.20. The van der Waals surface area contributed by atoms with Gasteiger partial charge in [0.2, 0.25) is 16.0 Å². The smallest absolute Gasteiger partial charge is 0.226 e. The van der Waals surface area contributed by atoms with Crippen molar-refractivity contribution in [1.29, 1.82) is 0 Å². The molecular formula is C15H16ClN5OS. The van der Waals surface area contributed by atoms with Gasteiger partial charge in [0.25, 0.3) is 0 Å². The summed E-state index contributed by atoms with van der Waals surface area (Å²) in [6, 6.07) is 5.45. The van der Waals surface area contributed by atoms with Crippen LogP contribution < -0.4 is 10.6 Å². The first-order valence-corrected chi connectivity index (χ1v) is 8.34. The first-order chi connectivity index (χ1) is 11.0. The van der Waals surface area contributed by atoms with Gasteiger partial charge in [0, 0.05) is 23.7 Å². The third-order valence-corrected chi connectivity index (χ3v) is 4.62. The molecule has 0 fully saturated rings. The van der Waals surface area contributed by atoms with Gasteiger partial charge in [0.1, 0.15) is 0 Å². The molecule has 0 atom stereocenters. The molecule has 1 aromatic carbocycles. The maximum Gasteiger partial charge on any atom is 0.226 e. The van der Waals surface area contributed by atoms with Crippen LogP contribution in [0.4, 0.5) is 10.8 Å². The van der Waals surface area contributed by atoms with Crippen LogP contribution in [-0.4, -0.2) is 27.0 Å². The van der Waals surface area contributed by atoms with E-state index in [2.05, 4.69) is 20.7 Å². The predicted molar refractivity (Wildman–Crippen MR) is 93.5 cm³/mol. The molecule has 120 valence electrons. The van der Waals surface area contributed by atoms with Gasteiger partial charge >= 0.3 is 0 Å². The van der Waals surface area contributed by atoms with Crippen LogP contribution >= 0.6 is 22.9 Å². The fraction of sp³-hybridized carbons (Fsp3) is 0.267. The normalized spacial score (nSPS) is 10.9. The minimum Gasteiger partial charge on any atom is -0.360 e. The first kappa shape index (κ1) is 15.8. The number of carbonyl (C=O) groups is 1. The Labute approximate surface area is 142 Å². The minimum atomic E-state index is -0.0694. The van der Waals surface area contributed by atoms with Crippen LogP contribution in [0.5, 0.6) is 0 Å². The van der Waals surface area contributed by atoms with Crippen LogP contribution in [0.1, 0.15) is 17.7 Å². The lowest BCUT2D eigenvalue weighted by atomic mass is 10.2. The Morgan fingerprint density at radius 1 is 1.39 bits per heavy atom. The summed E-state index contributed by atoms with van der Waals surface area (Å²) in [7, 11) is 0. The van der Waals surface area contributed by atoms with Crippen molar-refractivity contribution in [2.75, 3.05) is 17.2 Å². The summed E-state index contributed by atoms with van der Waals surface area (Å²) in [5, 5.41) is 11.8. The van der Waals surface area contributed by atoms with Crippen molar-refractivity contribution in [3.8, 4) is 0 Å². The van der Waals surface area contributed by atoms with Gasteiger partial charge in [0.15, 0.2) is 0 Å². The van der Waals surface area contributed by atoms with E-state index in [0.717, 1.165) is 27.0 Å². The summed E-state index contributed by atoms with van der Waals surface area (Å²) in [5.74, 6) is -0.0694. The maximum atomic E-state index is 12.0. The molecule has 0 unspecified atom stereocenters.